The van der Waals surface area contributed by atoms with Crippen LogP contribution in [0.3, 0.4) is 0 Å². The Bertz CT molecular complexity index is 1090. The number of fused-ring (bicyclic) bond motifs is 2. The zero-order valence-electron chi connectivity index (χ0n) is 17.0. The molecule has 8 heteroatoms. The van der Waals surface area contributed by atoms with Crippen molar-refractivity contribution in [2.45, 2.75) is 31.7 Å². The average Bonchev–Trinajstić information content (AvgIpc) is 3.46. The predicted molar refractivity (Wildman–Crippen MR) is 115 cm³/mol. The number of carbonyl (C=O) groups is 1. The van der Waals surface area contributed by atoms with Gasteiger partial charge in [-0.15, -0.1) is 0 Å². The van der Waals surface area contributed by atoms with Crippen LogP contribution >= 0.6 is 0 Å². The number of likely N-dealkylation sites (tertiary alicyclic amines) is 1. The first-order valence-corrected chi connectivity index (χ1v) is 10.4. The number of carbonyl (C=O) groups excluding carboxylic acids is 1. The van der Waals surface area contributed by atoms with E-state index in [1.165, 1.54) is 5.69 Å². The molecule has 3 N–H and O–H groups in total. The maximum Gasteiger partial charge on any atom is 0.317 e. The van der Waals surface area contributed by atoms with Crippen LogP contribution in [0.2, 0.25) is 0 Å². The first kappa shape index (κ1) is 18.6. The van der Waals surface area contributed by atoms with Crippen LogP contribution in [-0.2, 0) is 12.0 Å². The molecule has 5 rings (SSSR count). The van der Waals surface area contributed by atoms with E-state index < -0.39 is 0 Å². The molecule has 154 valence electrons. The topological polar surface area (TPSA) is 102 Å². The molecule has 0 aliphatic carbocycles. The van der Waals surface area contributed by atoms with Crippen molar-refractivity contribution in [1.29, 1.82) is 0 Å². The third-order valence-electron chi connectivity index (χ3n) is 6.30. The molecule has 0 radical (unpaired) electrons. The third-order valence-corrected chi connectivity index (χ3v) is 6.30. The molecule has 0 unspecified atom stereocenters. The standard InChI is InChI=1S/C22H25N7O/c1-2-25-21(30)28-9-5-22(14-28)6-10-29-19(22)12-18(27-29)16-11-17(20(23)26-13-16)15-3-7-24-8-4-15/h3-4,7-8,11-13H,2,5-6,9-10,14H2,1H3,(H2,23,26)(H,25,30)/t22-/m1/s1. The summed E-state index contributed by atoms with van der Waals surface area (Å²) in [6, 6.07) is 8.08. The molecule has 5 heterocycles. The molecule has 0 aromatic carbocycles. The maximum atomic E-state index is 12.3. The van der Waals surface area contributed by atoms with Gasteiger partial charge in [-0.1, -0.05) is 0 Å². The van der Waals surface area contributed by atoms with Crippen molar-refractivity contribution in [1.82, 2.24) is 30.0 Å². The van der Waals surface area contributed by atoms with E-state index in [0.29, 0.717) is 12.4 Å². The minimum Gasteiger partial charge on any atom is -0.383 e. The van der Waals surface area contributed by atoms with Crippen LogP contribution < -0.4 is 11.1 Å². The van der Waals surface area contributed by atoms with Gasteiger partial charge in [0.15, 0.2) is 0 Å². The van der Waals surface area contributed by atoms with Gasteiger partial charge in [0.25, 0.3) is 0 Å². The molecule has 8 nitrogen and oxygen atoms in total. The minimum atomic E-state index is -0.00843. The van der Waals surface area contributed by atoms with E-state index in [4.69, 9.17) is 10.8 Å². The maximum absolute atomic E-state index is 12.3. The summed E-state index contributed by atoms with van der Waals surface area (Å²) in [7, 11) is 0. The second-order valence-electron chi connectivity index (χ2n) is 8.07. The lowest BCUT2D eigenvalue weighted by Crippen LogP contribution is -2.40. The summed E-state index contributed by atoms with van der Waals surface area (Å²) in [6.07, 6.45) is 7.26. The Kier molecular flexibility index (Phi) is 4.42. The number of aryl methyl sites for hydroxylation is 1. The van der Waals surface area contributed by atoms with Crippen molar-refractivity contribution in [2.24, 2.45) is 0 Å². The number of anilines is 1. The summed E-state index contributed by atoms with van der Waals surface area (Å²) in [5.41, 5.74) is 11.0. The monoisotopic (exact) mass is 403 g/mol. The van der Waals surface area contributed by atoms with Crippen LogP contribution in [-0.4, -0.2) is 50.3 Å². The summed E-state index contributed by atoms with van der Waals surface area (Å²) in [6.45, 7) is 4.99. The Labute approximate surface area is 175 Å². The van der Waals surface area contributed by atoms with Gasteiger partial charge in [-0.05, 0) is 49.6 Å². The lowest BCUT2D eigenvalue weighted by Gasteiger charge is -2.23. The van der Waals surface area contributed by atoms with Crippen molar-refractivity contribution in [3.63, 3.8) is 0 Å². The smallest absolute Gasteiger partial charge is 0.317 e. The Morgan fingerprint density at radius 2 is 2.00 bits per heavy atom. The minimum absolute atomic E-state index is 0.00843. The van der Waals surface area contributed by atoms with Gasteiger partial charge in [0, 0.05) is 67.0 Å². The molecule has 2 amide bonds. The van der Waals surface area contributed by atoms with E-state index in [9.17, 15) is 4.79 Å². The summed E-state index contributed by atoms with van der Waals surface area (Å²) < 4.78 is 2.10. The van der Waals surface area contributed by atoms with Crippen molar-refractivity contribution in [3.05, 3.63) is 48.5 Å². The fourth-order valence-electron chi connectivity index (χ4n) is 4.70. The molecular weight excluding hydrogens is 378 g/mol. The zero-order chi connectivity index (χ0) is 20.7. The lowest BCUT2D eigenvalue weighted by molar-refractivity contribution is 0.206. The highest BCUT2D eigenvalue weighted by molar-refractivity contribution is 5.78. The number of nitrogen functional groups attached to an aromatic ring is 1. The Morgan fingerprint density at radius 1 is 1.20 bits per heavy atom. The Morgan fingerprint density at radius 3 is 2.80 bits per heavy atom. The Hall–Kier alpha value is -3.42. The summed E-state index contributed by atoms with van der Waals surface area (Å²) in [5.74, 6) is 0.488. The van der Waals surface area contributed by atoms with E-state index in [-0.39, 0.29) is 11.4 Å². The van der Waals surface area contributed by atoms with E-state index in [1.807, 2.05) is 30.0 Å². The van der Waals surface area contributed by atoms with Crippen LogP contribution in [0, 0.1) is 0 Å². The van der Waals surface area contributed by atoms with Crippen LogP contribution in [0.5, 0.6) is 0 Å². The number of nitrogens with two attached hydrogens (primary N) is 1. The molecule has 0 bridgehead atoms. The molecule has 3 aromatic rings. The fraction of sp³-hybridized carbons (Fsp3) is 0.364. The molecule has 30 heavy (non-hydrogen) atoms. The third kappa shape index (κ3) is 2.99. The number of nitrogens with one attached hydrogen (secondary N) is 1. The second kappa shape index (κ2) is 7.12. The number of hydrogen-bond acceptors (Lipinski definition) is 5. The van der Waals surface area contributed by atoms with Crippen LogP contribution in [0.4, 0.5) is 10.6 Å². The SMILES string of the molecule is CCNC(=O)N1CC[C@@]2(CCn3nc(-c4cnc(N)c(-c5ccncc5)c4)cc32)C1. The van der Waals surface area contributed by atoms with Crippen LogP contribution in [0.15, 0.2) is 42.9 Å². The Balaban J connectivity index is 1.46. The molecule has 2 aliphatic rings. The number of nitrogens with zero attached hydrogens (tertiary/aromatic N) is 5. The van der Waals surface area contributed by atoms with Gasteiger partial charge in [-0.3, -0.25) is 9.67 Å². The summed E-state index contributed by atoms with van der Waals surface area (Å²) >= 11 is 0. The van der Waals surface area contributed by atoms with Gasteiger partial charge in [0.1, 0.15) is 5.82 Å². The number of amides is 2. The van der Waals surface area contributed by atoms with Gasteiger partial charge in [0.2, 0.25) is 0 Å². The highest BCUT2D eigenvalue weighted by Gasteiger charge is 2.46. The highest BCUT2D eigenvalue weighted by Crippen LogP contribution is 2.44. The van der Waals surface area contributed by atoms with Crippen LogP contribution in [0.25, 0.3) is 22.4 Å². The van der Waals surface area contributed by atoms with Gasteiger partial charge in [-0.2, -0.15) is 5.10 Å². The number of pyridine rings is 2. The van der Waals surface area contributed by atoms with Gasteiger partial charge >= 0.3 is 6.03 Å². The highest BCUT2D eigenvalue weighted by atomic mass is 16.2. The van der Waals surface area contributed by atoms with Gasteiger partial charge < -0.3 is 16.0 Å². The van der Waals surface area contributed by atoms with E-state index in [2.05, 4.69) is 26.0 Å². The van der Waals surface area contributed by atoms with Crippen molar-refractivity contribution in [2.75, 3.05) is 25.4 Å². The van der Waals surface area contributed by atoms with Gasteiger partial charge in [0.05, 0.1) is 5.69 Å². The van der Waals surface area contributed by atoms with Crippen molar-refractivity contribution < 1.29 is 4.79 Å². The summed E-state index contributed by atoms with van der Waals surface area (Å²) in [5, 5.41) is 7.77. The first-order valence-electron chi connectivity index (χ1n) is 10.4. The lowest BCUT2D eigenvalue weighted by atomic mass is 9.82. The molecule has 1 fully saturated rings. The molecule has 1 atom stereocenters. The average molecular weight is 403 g/mol. The molecular formula is C22H25N7O. The van der Waals surface area contributed by atoms with Crippen molar-refractivity contribution >= 4 is 11.8 Å². The number of rotatable bonds is 3. The first-order chi connectivity index (χ1) is 14.6. The van der Waals surface area contributed by atoms with E-state index in [1.54, 1.807) is 18.6 Å². The zero-order valence-corrected chi connectivity index (χ0v) is 17.0. The second-order valence-corrected chi connectivity index (χ2v) is 8.07. The number of urea groups is 1. The molecule has 0 saturated carbocycles. The van der Waals surface area contributed by atoms with Gasteiger partial charge in [-0.25, -0.2) is 9.78 Å². The molecule has 1 spiro atoms. The van der Waals surface area contributed by atoms with E-state index >= 15 is 0 Å². The summed E-state index contributed by atoms with van der Waals surface area (Å²) in [4.78, 5) is 22.7. The quantitative estimate of drug-likeness (QED) is 0.700. The van der Waals surface area contributed by atoms with Crippen LogP contribution in [0.1, 0.15) is 25.5 Å². The number of hydrogen-bond donors (Lipinski definition) is 2. The fourth-order valence-corrected chi connectivity index (χ4v) is 4.70. The molecule has 3 aromatic heterocycles. The largest absolute Gasteiger partial charge is 0.383 e. The normalized spacial score (nSPS) is 20.0. The molecule has 1 saturated heterocycles. The predicted octanol–water partition coefficient (Wildman–Crippen LogP) is 2.67. The van der Waals surface area contributed by atoms with E-state index in [0.717, 1.165) is 54.9 Å². The molecule has 2 aliphatic heterocycles. The number of aromatic nitrogens is 4. The van der Waals surface area contributed by atoms with Crippen molar-refractivity contribution in [3.8, 4) is 22.4 Å².